The van der Waals surface area contributed by atoms with Crippen LogP contribution < -0.4 is 11.1 Å². The summed E-state index contributed by atoms with van der Waals surface area (Å²) in [5, 5.41) is 3.27. The molecule has 0 radical (unpaired) electrons. The molecule has 2 fully saturated rings. The largest absolute Gasteiger partial charge is 0.369 e. The highest BCUT2D eigenvalue weighted by molar-refractivity contribution is 5.83. The SMILES string of the molecule is CC1NCCC1C(=O)N1CCC(C(N)=O)C1. The summed E-state index contributed by atoms with van der Waals surface area (Å²) in [6, 6.07) is 0.250. The van der Waals surface area contributed by atoms with Crippen LogP contribution in [0.25, 0.3) is 0 Å². The van der Waals surface area contributed by atoms with Gasteiger partial charge in [0.2, 0.25) is 11.8 Å². The van der Waals surface area contributed by atoms with E-state index in [2.05, 4.69) is 5.32 Å². The molecule has 90 valence electrons. The molecule has 2 saturated heterocycles. The molecule has 5 nitrogen and oxygen atoms in total. The van der Waals surface area contributed by atoms with Gasteiger partial charge in [-0.2, -0.15) is 0 Å². The molecule has 3 N–H and O–H groups in total. The van der Waals surface area contributed by atoms with Crippen molar-refractivity contribution >= 4 is 11.8 Å². The Hall–Kier alpha value is -1.10. The summed E-state index contributed by atoms with van der Waals surface area (Å²) in [6.45, 7) is 4.13. The number of hydrogen-bond acceptors (Lipinski definition) is 3. The number of carbonyl (C=O) groups excluding carboxylic acids is 2. The Kier molecular flexibility index (Phi) is 3.14. The van der Waals surface area contributed by atoms with Crippen LogP contribution in [0.4, 0.5) is 0 Å². The van der Waals surface area contributed by atoms with Crippen molar-refractivity contribution in [2.75, 3.05) is 19.6 Å². The topological polar surface area (TPSA) is 75.4 Å². The molecular weight excluding hydrogens is 206 g/mol. The molecule has 16 heavy (non-hydrogen) atoms. The first-order valence-electron chi connectivity index (χ1n) is 5.91. The molecule has 2 amide bonds. The van der Waals surface area contributed by atoms with Gasteiger partial charge >= 0.3 is 0 Å². The maximum Gasteiger partial charge on any atom is 0.227 e. The Labute approximate surface area is 95.3 Å². The lowest BCUT2D eigenvalue weighted by atomic mass is 10.0. The average Bonchev–Trinajstić information content (AvgIpc) is 2.84. The fourth-order valence-corrected chi connectivity index (χ4v) is 2.62. The summed E-state index contributed by atoms with van der Waals surface area (Å²) in [4.78, 5) is 25.0. The van der Waals surface area contributed by atoms with Crippen molar-refractivity contribution < 1.29 is 9.59 Å². The van der Waals surface area contributed by atoms with Gasteiger partial charge in [-0.3, -0.25) is 9.59 Å². The van der Waals surface area contributed by atoms with Crippen LogP contribution in [0.5, 0.6) is 0 Å². The summed E-state index contributed by atoms with van der Waals surface area (Å²) in [5.41, 5.74) is 5.25. The van der Waals surface area contributed by atoms with Crippen LogP contribution in [-0.2, 0) is 9.59 Å². The Morgan fingerprint density at radius 3 is 2.62 bits per heavy atom. The summed E-state index contributed by atoms with van der Waals surface area (Å²) in [6.07, 6.45) is 1.62. The predicted molar refractivity (Wildman–Crippen MR) is 59.5 cm³/mol. The van der Waals surface area contributed by atoms with Crippen LogP contribution >= 0.6 is 0 Å². The molecule has 0 spiro atoms. The normalized spacial score (nSPS) is 34.3. The average molecular weight is 225 g/mol. The summed E-state index contributed by atoms with van der Waals surface area (Å²) in [7, 11) is 0. The molecule has 0 aromatic carbocycles. The Balaban J connectivity index is 1.94. The van der Waals surface area contributed by atoms with Crippen molar-refractivity contribution in [3.8, 4) is 0 Å². The molecule has 2 aliphatic heterocycles. The van der Waals surface area contributed by atoms with Crippen molar-refractivity contribution in [2.45, 2.75) is 25.8 Å². The number of nitrogens with zero attached hydrogens (tertiary/aromatic N) is 1. The highest BCUT2D eigenvalue weighted by Crippen LogP contribution is 2.23. The second-order valence-corrected chi connectivity index (χ2v) is 4.81. The monoisotopic (exact) mass is 225 g/mol. The maximum absolute atomic E-state index is 12.2. The number of nitrogens with two attached hydrogens (primary N) is 1. The Morgan fingerprint density at radius 1 is 1.38 bits per heavy atom. The third-order valence-electron chi connectivity index (χ3n) is 3.74. The Morgan fingerprint density at radius 2 is 2.12 bits per heavy atom. The fourth-order valence-electron chi connectivity index (χ4n) is 2.62. The van der Waals surface area contributed by atoms with Crippen LogP contribution in [0.15, 0.2) is 0 Å². The minimum absolute atomic E-state index is 0.0756. The minimum atomic E-state index is -0.284. The molecule has 0 aliphatic carbocycles. The lowest BCUT2D eigenvalue weighted by Gasteiger charge is -2.22. The van der Waals surface area contributed by atoms with E-state index in [-0.39, 0.29) is 29.7 Å². The molecule has 3 atom stereocenters. The predicted octanol–water partition coefficient (Wildman–Crippen LogP) is -0.682. The van der Waals surface area contributed by atoms with Crippen molar-refractivity contribution in [1.29, 1.82) is 0 Å². The van der Waals surface area contributed by atoms with Crippen molar-refractivity contribution in [3.63, 3.8) is 0 Å². The molecule has 0 saturated carbocycles. The highest BCUT2D eigenvalue weighted by Gasteiger charge is 2.36. The smallest absolute Gasteiger partial charge is 0.227 e. The zero-order chi connectivity index (χ0) is 11.7. The van der Waals surface area contributed by atoms with E-state index in [1.807, 2.05) is 6.92 Å². The Bertz CT molecular complexity index is 306. The van der Waals surface area contributed by atoms with Crippen LogP contribution in [0.3, 0.4) is 0 Å². The molecule has 0 aromatic rings. The van der Waals surface area contributed by atoms with Crippen molar-refractivity contribution in [1.82, 2.24) is 10.2 Å². The van der Waals surface area contributed by atoms with Gasteiger partial charge in [0.05, 0.1) is 11.8 Å². The van der Waals surface area contributed by atoms with E-state index in [9.17, 15) is 9.59 Å². The zero-order valence-electron chi connectivity index (χ0n) is 9.61. The van der Waals surface area contributed by atoms with Crippen LogP contribution in [0.1, 0.15) is 19.8 Å². The first-order chi connectivity index (χ1) is 7.59. The van der Waals surface area contributed by atoms with Gasteiger partial charge in [-0.1, -0.05) is 0 Å². The van der Waals surface area contributed by atoms with Gasteiger partial charge in [0.15, 0.2) is 0 Å². The molecule has 0 bridgehead atoms. The van der Waals surface area contributed by atoms with E-state index in [0.717, 1.165) is 19.4 Å². The maximum atomic E-state index is 12.2. The number of primary amides is 1. The quantitative estimate of drug-likeness (QED) is 0.653. The number of amides is 2. The van der Waals surface area contributed by atoms with Crippen molar-refractivity contribution in [2.24, 2.45) is 17.6 Å². The van der Waals surface area contributed by atoms with Gasteiger partial charge in [-0.15, -0.1) is 0 Å². The van der Waals surface area contributed by atoms with Gasteiger partial charge in [0, 0.05) is 19.1 Å². The van der Waals surface area contributed by atoms with E-state index >= 15 is 0 Å². The van der Waals surface area contributed by atoms with Crippen LogP contribution in [0, 0.1) is 11.8 Å². The third kappa shape index (κ3) is 2.04. The number of hydrogen-bond donors (Lipinski definition) is 2. The van der Waals surface area contributed by atoms with Crippen LogP contribution in [0.2, 0.25) is 0 Å². The van der Waals surface area contributed by atoms with Gasteiger partial charge in [-0.25, -0.2) is 0 Å². The lowest BCUT2D eigenvalue weighted by molar-refractivity contribution is -0.134. The molecule has 5 heteroatoms. The molecular formula is C11H19N3O2. The molecule has 3 unspecified atom stereocenters. The third-order valence-corrected chi connectivity index (χ3v) is 3.74. The van der Waals surface area contributed by atoms with Gasteiger partial charge in [-0.05, 0) is 26.3 Å². The molecule has 2 aliphatic rings. The van der Waals surface area contributed by atoms with Gasteiger partial charge in [0.1, 0.15) is 0 Å². The number of likely N-dealkylation sites (tertiary alicyclic amines) is 1. The molecule has 2 rings (SSSR count). The minimum Gasteiger partial charge on any atom is -0.369 e. The number of rotatable bonds is 2. The zero-order valence-corrected chi connectivity index (χ0v) is 9.61. The second kappa shape index (κ2) is 4.41. The highest BCUT2D eigenvalue weighted by atomic mass is 16.2. The van der Waals surface area contributed by atoms with E-state index in [4.69, 9.17) is 5.73 Å². The van der Waals surface area contributed by atoms with E-state index in [1.54, 1.807) is 4.90 Å². The summed E-state index contributed by atoms with van der Waals surface area (Å²) >= 11 is 0. The van der Waals surface area contributed by atoms with Crippen LogP contribution in [-0.4, -0.2) is 42.4 Å². The lowest BCUT2D eigenvalue weighted by Crippen LogP contribution is -2.39. The van der Waals surface area contributed by atoms with Gasteiger partial charge in [0.25, 0.3) is 0 Å². The molecule has 0 aromatic heterocycles. The fraction of sp³-hybridized carbons (Fsp3) is 0.818. The first-order valence-corrected chi connectivity index (χ1v) is 5.91. The van der Waals surface area contributed by atoms with E-state index in [0.29, 0.717) is 13.1 Å². The first kappa shape index (κ1) is 11.4. The second-order valence-electron chi connectivity index (χ2n) is 4.81. The van der Waals surface area contributed by atoms with E-state index < -0.39 is 0 Å². The molecule has 2 heterocycles. The van der Waals surface area contributed by atoms with E-state index in [1.165, 1.54) is 0 Å². The van der Waals surface area contributed by atoms with Gasteiger partial charge < -0.3 is 16.0 Å². The summed E-state index contributed by atoms with van der Waals surface area (Å²) in [5.74, 6) is -0.172. The number of nitrogens with one attached hydrogen (secondary N) is 1. The van der Waals surface area contributed by atoms with Crippen molar-refractivity contribution in [3.05, 3.63) is 0 Å². The standard InChI is InChI=1S/C11H19N3O2/c1-7-9(2-4-13-7)11(16)14-5-3-8(6-14)10(12)15/h7-9,13H,2-6H2,1H3,(H2,12,15). The number of carbonyl (C=O) groups is 2. The summed E-state index contributed by atoms with van der Waals surface area (Å²) < 4.78 is 0.